The van der Waals surface area contributed by atoms with Crippen molar-refractivity contribution in [2.75, 3.05) is 18.0 Å². The van der Waals surface area contributed by atoms with Gasteiger partial charge in [0.25, 0.3) is 5.89 Å². The Hall–Kier alpha value is -2.89. The van der Waals surface area contributed by atoms with Gasteiger partial charge in [-0.15, -0.1) is 0 Å². The second-order valence-electron chi connectivity index (χ2n) is 6.01. The lowest BCUT2D eigenvalue weighted by atomic mass is 10.1. The Morgan fingerprint density at radius 3 is 2.62 bits per heavy atom. The number of hydrogen-bond acceptors (Lipinski definition) is 6. The van der Waals surface area contributed by atoms with E-state index in [0.29, 0.717) is 11.7 Å². The second-order valence-corrected chi connectivity index (χ2v) is 6.01. The molecule has 3 heterocycles. The van der Waals surface area contributed by atoms with E-state index < -0.39 is 0 Å². The van der Waals surface area contributed by atoms with Crippen LogP contribution in [0.15, 0.2) is 47.1 Å². The maximum atomic E-state index is 5.96. The lowest BCUT2D eigenvalue weighted by Gasteiger charge is -2.39. The van der Waals surface area contributed by atoms with E-state index >= 15 is 0 Å². The maximum absolute atomic E-state index is 5.96. The molecule has 1 aliphatic heterocycles. The van der Waals surface area contributed by atoms with Crippen molar-refractivity contribution in [2.24, 2.45) is 0 Å². The summed E-state index contributed by atoms with van der Waals surface area (Å²) in [5, 5.41) is 3.83. The Labute approximate surface area is 140 Å². The van der Waals surface area contributed by atoms with E-state index in [-0.39, 0.29) is 6.10 Å². The summed E-state index contributed by atoms with van der Waals surface area (Å²) in [6.45, 7) is 5.50. The zero-order valence-electron chi connectivity index (χ0n) is 13.6. The van der Waals surface area contributed by atoms with Crippen LogP contribution in [0.25, 0.3) is 11.5 Å². The third-order valence-corrected chi connectivity index (χ3v) is 4.02. The highest BCUT2D eigenvalue weighted by molar-refractivity contribution is 5.59. The van der Waals surface area contributed by atoms with E-state index in [4.69, 9.17) is 9.26 Å². The predicted molar refractivity (Wildman–Crippen MR) is 90.1 cm³/mol. The number of aromatic nitrogens is 3. The second kappa shape index (κ2) is 5.96. The number of nitrogens with zero attached hydrogens (tertiary/aromatic N) is 4. The van der Waals surface area contributed by atoms with Gasteiger partial charge < -0.3 is 14.2 Å². The minimum atomic E-state index is 0.184. The van der Waals surface area contributed by atoms with E-state index in [1.807, 2.05) is 24.3 Å². The smallest absolute Gasteiger partial charge is 0.258 e. The number of ether oxygens (including phenoxy) is 1. The molecule has 24 heavy (non-hydrogen) atoms. The van der Waals surface area contributed by atoms with Gasteiger partial charge in [0.05, 0.1) is 13.1 Å². The number of pyridine rings is 1. The van der Waals surface area contributed by atoms with E-state index in [0.717, 1.165) is 30.2 Å². The molecule has 3 aromatic rings. The zero-order valence-corrected chi connectivity index (χ0v) is 13.6. The van der Waals surface area contributed by atoms with Gasteiger partial charge >= 0.3 is 0 Å². The molecule has 0 spiro atoms. The molecule has 0 radical (unpaired) electrons. The lowest BCUT2D eigenvalue weighted by Crippen LogP contribution is -2.54. The number of anilines is 1. The van der Waals surface area contributed by atoms with Crippen molar-refractivity contribution < 1.29 is 9.26 Å². The fourth-order valence-corrected chi connectivity index (χ4v) is 2.65. The van der Waals surface area contributed by atoms with Crippen LogP contribution in [0.4, 0.5) is 5.82 Å². The van der Waals surface area contributed by atoms with Crippen molar-refractivity contribution in [1.82, 2.24) is 15.1 Å². The first-order chi connectivity index (χ1) is 11.7. The minimum absolute atomic E-state index is 0.184. The average Bonchev–Trinajstić information content (AvgIpc) is 2.99. The summed E-state index contributed by atoms with van der Waals surface area (Å²) in [4.78, 5) is 10.9. The Kier molecular flexibility index (Phi) is 3.65. The fourth-order valence-electron chi connectivity index (χ4n) is 2.65. The van der Waals surface area contributed by atoms with Crippen LogP contribution >= 0.6 is 0 Å². The van der Waals surface area contributed by atoms with Gasteiger partial charge in [-0.3, -0.25) is 0 Å². The maximum Gasteiger partial charge on any atom is 0.258 e. The molecule has 4 rings (SSSR count). The van der Waals surface area contributed by atoms with Crippen LogP contribution in [0.3, 0.4) is 0 Å². The van der Waals surface area contributed by atoms with Crippen molar-refractivity contribution in [3.8, 4) is 17.2 Å². The summed E-state index contributed by atoms with van der Waals surface area (Å²) in [5.41, 5.74) is 2.11. The molecule has 2 aromatic heterocycles. The SMILES string of the molecule is Cc1ccc(OC2CN(c3cc(-c4nc(C)no4)ccn3)C2)cc1. The molecule has 1 aliphatic rings. The average molecular weight is 322 g/mol. The van der Waals surface area contributed by atoms with Gasteiger partial charge in [-0.2, -0.15) is 4.98 Å². The molecule has 0 saturated carbocycles. The summed E-state index contributed by atoms with van der Waals surface area (Å²) in [6.07, 6.45) is 1.95. The minimum Gasteiger partial charge on any atom is -0.487 e. The van der Waals surface area contributed by atoms with Crippen LogP contribution in [-0.2, 0) is 0 Å². The van der Waals surface area contributed by atoms with Crippen molar-refractivity contribution in [1.29, 1.82) is 0 Å². The van der Waals surface area contributed by atoms with Crippen LogP contribution in [0.1, 0.15) is 11.4 Å². The molecular formula is C18H18N4O2. The number of benzene rings is 1. The summed E-state index contributed by atoms with van der Waals surface area (Å²) in [6, 6.07) is 12.0. The highest BCUT2D eigenvalue weighted by Crippen LogP contribution is 2.26. The normalized spacial score (nSPS) is 14.5. The number of hydrogen-bond donors (Lipinski definition) is 0. The highest BCUT2D eigenvalue weighted by Gasteiger charge is 2.29. The Morgan fingerprint density at radius 1 is 1.12 bits per heavy atom. The topological polar surface area (TPSA) is 64.3 Å². The lowest BCUT2D eigenvalue weighted by molar-refractivity contribution is 0.167. The molecule has 6 nitrogen and oxygen atoms in total. The monoisotopic (exact) mass is 322 g/mol. The van der Waals surface area contributed by atoms with E-state index in [9.17, 15) is 0 Å². The van der Waals surface area contributed by atoms with Crippen molar-refractivity contribution in [3.05, 3.63) is 54.0 Å². The molecule has 1 fully saturated rings. The molecule has 0 unspecified atom stereocenters. The van der Waals surface area contributed by atoms with Gasteiger partial charge in [0.2, 0.25) is 0 Å². The van der Waals surface area contributed by atoms with Crippen LogP contribution in [0.2, 0.25) is 0 Å². The van der Waals surface area contributed by atoms with E-state index in [1.165, 1.54) is 5.56 Å². The van der Waals surface area contributed by atoms with Crippen LogP contribution in [0.5, 0.6) is 5.75 Å². The first kappa shape index (κ1) is 14.7. The molecule has 0 bridgehead atoms. The molecule has 0 amide bonds. The van der Waals surface area contributed by atoms with Gasteiger partial charge in [-0.25, -0.2) is 4.98 Å². The van der Waals surface area contributed by atoms with Gasteiger partial charge in [-0.1, -0.05) is 22.9 Å². The molecule has 6 heteroatoms. The van der Waals surface area contributed by atoms with Gasteiger partial charge in [0, 0.05) is 11.8 Å². The van der Waals surface area contributed by atoms with Gasteiger partial charge in [-0.05, 0) is 38.1 Å². The molecule has 1 saturated heterocycles. The number of aryl methyl sites for hydroxylation is 2. The molecule has 0 N–H and O–H groups in total. The zero-order chi connectivity index (χ0) is 16.5. The summed E-state index contributed by atoms with van der Waals surface area (Å²) >= 11 is 0. The fraction of sp³-hybridized carbons (Fsp3) is 0.278. The molecule has 0 aliphatic carbocycles. The molecule has 0 atom stereocenters. The first-order valence-electron chi connectivity index (χ1n) is 7.92. The van der Waals surface area contributed by atoms with Crippen LogP contribution in [0, 0.1) is 13.8 Å². The number of rotatable bonds is 4. The predicted octanol–water partition coefficient (Wildman–Crippen LogP) is 3.02. The highest BCUT2D eigenvalue weighted by atomic mass is 16.5. The van der Waals surface area contributed by atoms with Gasteiger partial charge in [0.1, 0.15) is 17.7 Å². The molecule has 1 aromatic carbocycles. The van der Waals surface area contributed by atoms with Crippen molar-refractivity contribution in [2.45, 2.75) is 20.0 Å². The van der Waals surface area contributed by atoms with Crippen LogP contribution < -0.4 is 9.64 Å². The Morgan fingerprint density at radius 2 is 1.92 bits per heavy atom. The largest absolute Gasteiger partial charge is 0.487 e. The third-order valence-electron chi connectivity index (χ3n) is 4.02. The molecule has 122 valence electrons. The quantitative estimate of drug-likeness (QED) is 0.736. The van der Waals surface area contributed by atoms with E-state index in [1.54, 1.807) is 13.1 Å². The van der Waals surface area contributed by atoms with Gasteiger partial charge in [0.15, 0.2) is 5.82 Å². The van der Waals surface area contributed by atoms with E-state index in [2.05, 4.69) is 39.1 Å². The Bertz CT molecular complexity index is 838. The molecular weight excluding hydrogens is 304 g/mol. The summed E-state index contributed by atoms with van der Waals surface area (Å²) in [5.74, 6) is 2.95. The van der Waals surface area contributed by atoms with Crippen molar-refractivity contribution in [3.63, 3.8) is 0 Å². The van der Waals surface area contributed by atoms with Crippen LogP contribution in [-0.4, -0.2) is 34.3 Å². The third kappa shape index (κ3) is 2.95. The summed E-state index contributed by atoms with van der Waals surface area (Å²) in [7, 11) is 0. The summed E-state index contributed by atoms with van der Waals surface area (Å²) < 4.78 is 11.2. The first-order valence-corrected chi connectivity index (χ1v) is 7.92. The standard InChI is InChI=1S/C18H18N4O2/c1-12-3-5-15(6-4-12)23-16-10-22(11-16)17-9-14(7-8-19-17)18-20-13(2)21-24-18/h3-9,16H,10-11H2,1-2H3. The van der Waals surface area contributed by atoms with Crippen molar-refractivity contribution >= 4 is 5.82 Å². The Balaban J connectivity index is 1.41.